The molecule has 1 rings (SSSR count). The first-order valence-electron chi connectivity index (χ1n) is 11.7. The minimum absolute atomic E-state index is 0.108. The third-order valence-corrected chi connectivity index (χ3v) is 8.40. The number of unbranched alkanes of at least 4 members (excludes halogenated alkanes) is 4. The van der Waals surface area contributed by atoms with Crippen molar-refractivity contribution in [1.82, 2.24) is 0 Å². The highest BCUT2D eigenvalue weighted by atomic mass is 32.2. The van der Waals surface area contributed by atoms with Crippen LogP contribution in [0.25, 0.3) is 0 Å². The van der Waals surface area contributed by atoms with Crippen molar-refractivity contribution in [2.75, 3.05) is 12.4 Å². The quantitative estimate of drug-likeness (QED) is 0.258. The van der Waals surface area contributed by atoms with Gasteiger partial charge in [0.15, 0.2) is 0 Å². The maximum Gasteiger partial charge on any atom is 0.305 e. The molecule has 0 amide bonds. The van der Waals surface area contributed by atoms with Crippen LogP contribution in [-0.2, 0) is 14.3 Å². The molecule has 0 aromatic rings. The summed E-state index contributed by atoms with van der Waals surface area (Å²) in [6.07, 6.45) is 10.3. The van der Waals surface area contributed by atoms with E-state index in [1.165, 1.54) is 0 Å². The average molecular weight is 429 g/mol. The molecule has 1 aliphatic carbocycles. The van der Waals surface area contributed by atoms with Gasteiger partial charge in [-0.15, -0.1) is 0 Å². The van der Waals surface area contributed by atoms with Crippen LogP contribution in [-0.4, -0.2) is 40.1 Å². The van der Waals surface area contributed by atoms with Crippen LogP contribution in [0, 0.1) is 11.3 Å². The molecule has 0 bridgehead atoms. The monoisotopic (exact) mass is 428 g/mol. The summed E-state index contributed by atoms with van der Waals surface area (Å²) >= 11 is 1.81. The highest BCUT2D eigenvalue weighted by Gasteiger charge is 2.41. The van der Waals surface area contributed by atoms with Crippen LogP contribution in [0.2, 0.25) is 0 Å². The minimum atomic E-state index is -0.726. The van der Waals surface area contributed by atoms with Gasteiger partial charge in [-0.2, -0.15) is 11.8 Å². The van der Waals surface area contributed by atoms with E-state index in [0.29, 0.717) is 36.2 Å². The number of carbonyl (C=O) groups excluding carboxylic acids is 2. The van der Waals surface area contributed by atoms with E-state index < -0.39 is 5.60 Å². The fourth-order valence-electron chi connectivity index (χ4n) is 4.00. The van der Waals surface area contributed by atoms with Gasteiger partial charge < -0.3 is 9.84 Å². The molecule has 29 heavy (non-hydrogen) atoms. The van der Waals surface area contributed by atoms with Crippen LogP contribution in [0.15, 0.2) is 0 Å². The van der Waals surface area contributed by atoms with Crippen molar-refractivity contribution in [1.29, 1.82) is 0 Å². The van der Waals surface area contributed by atoms with Crippen molar-refractivity contribution >= 4 is 23.5 Å². The lowest BCUT2D eigenvalue weighted by atomic mass is 9.73. The van der Waals surface area contributed by atoms with Gasteiger partial charge in [0.05, 0.1) is 12.2 Å². The third-order valence-electron chi connectivity index (χ3n) is 6.68. The van der Waals surface area contributed by atoms with Crippen molar-refractivity contribution in [2.24, 2.45) is 11.3 Å². The van der Waals surface area contributed by atoms with Crippen LogP contribution in [0.5, 0.6) is 0 Å². The molecule has 1 saturated carbocycles. The second kappa shape index (κ2) is 13.0. The van der Waals surface area contributed by atoms with E-state index in [9.17, 15) is 14.7 Å². The van der Waals surface area contributed by atoms with E-state index in [1.807, 2.05) is 25.6 Å². The SMILES string of the molecule is CCCCC(C)(C)C(C)(O)CSC1CCC(=O)C1CCCCCCC(=O)OCC. The Kier molecular flexibility index (Phi) is 11.9. The maximum absolute atomic E-state index is 12.4. The van der Waals surface area contributed by atoms with Gasteiger partial charge in [0.2, 0.25) is 0 Å². The highest BCUT2D eigenvalue weighted by molar-refractivity contribution is 8.00. The lowest BCUT2D eigenvalue weighted by molar-refractivity contribution is -0.143. The molecule has 0 spiro atoms. The molecule has 3 atom stereocenters. The second-order valence-corrected chi connectivity index (χ2v) is 10.7. The zero-order chi connectivity index (χ0) is 21.9. The summed E-state index contributed by atoms with van der Waals surface area (Å²) in [7, 11) is 0. The maximum atomic E-state index is 12.4. The first-order valence-corrected chi connectivity index (χ1v) is 12.7. The Balaban J connectivity index is 2.38. The second-order valence-electron chi connectivity index (χ2n) is 9.48. The van der Waals surface area contributed by atoms with Crippen molar-refractivity contribution in [2.45, 2.75) is 116 Å². The number of aliphatic hydroxyl groups is 1. The standard InChI is InChI=1S/C24H44O4S/c1-6-8-17-23(3,4)24(5,27)18-29-21-16-15-20(25)19(21)13-11-9-10-12-14-22(26)28-7-2/h19,21,27H,6-18H2,1-5H3. The van der Waals surface area contributed by atoms with Gasteiger partial charge in [-0.3, -0.25) is 9.59 Å². The molecule has 4 nitrogen and oxygen atoms in total. The largest absolute Gasteiger partial charge is 0.466 e. The van der Waals surface area contributed by atoms with Gasteiger partial charge in [0.25, 0.3) is 0 Å². The molecule has 1 fully saturated rings. The molecular weight excluding hydrogens is 384 g/mol. The molecule has 5 heteroatoms. The Morgan fingerprint density at radius 1 is 1.14 bits per heavy atom. The average Bonchev–Trinajstić information content (AvgIpc) is 3.01. The summed E-state index contributed by atoms with van der Waals surface area (Å²) < 4.78 is 4.95. The Labute approximate surface area is 182 Å². The summed E-state index contributed by atoms with van der Waals surface area (Å²) in [4.78, 5) is 23.8. The molecule has 3 unspecified atom stereocenters. The number of hydrogen-bond acceptors (Lipinski definition) is 5. The number of hydrogen-bond donors (Lipinski definition) is 1. The molecule has 0 aliphatic heterocycles. The van der Waals surface area contributed by atoms with E-state index >= 15 is 0 Å². The lowest BCUT2D eigenvalue weighted by Gasteiger charge is -2.41. The first-order chi connectivity index (χ1) is 13.6. The van der Waals surface area contributed by atoms with Crippen LogP contribution in [0.1, 0.15) is 105 Å². The van der Waals surface area contributed by atoms with Gasteiger partial charge in [-0.05, 0) is 44.9 Å². The summed E-state index contributed by atoms with van der Waals surface area (Å²) in [6.45, 7) is 10.8. The molecule has 170 valence electrons. The molecule has 0 heterocycles. The molecule has 1 N–H and O–H groups in total. The number of esters is 1. The van der Waals surface area contributed by atoms with Gasteiger partial charge in [0, 0.05) is 29.8 Å². The topological polar surface area (TPSA) is 63.6 Å². The molecule has 0 saturated heterocycles. The highest BCUT2D eigenvalue weighted by Crippen LogP contribution is 2.42. The summed E-state index contributed by atoms with van der Waals surface area (Å²) in [6, 6.07) is 0. The van der Waals surface area contributed by atoms with Crippen LogP contribution < -0.4 is 0 Å². The number of ketones is 1. The van der Waals surface area contributed by atoms with Gasteiger partial charge >= 0.3 is 5.97 Å². The van der Waals surface area contributed by atoms with Gasteiger partial charge in [-0.1, -0.05) is 52.9 Å². The van der Waals surface area contributed by atoms with E-state index in [0.717, 1.165) is 57.8 Å². The molecule has 0 aromatic carbocycles. The van der Waals surface area contributed by atoms with E-state index in [-0.39, 0.29) is 17.3 Å². The van der Waals surface area contributed by atoms with Crippen molar-refractivity contribution in [3.8, 4) is 0 Å². The molecule has 1 aliphatic rings. The van der Waals surface area contributed by atoms with E-state index in [1.54, 1.807) is 0 Å². The first kappa shape index (κ1) is 26.5. The minimum Gasteiger partial charge on any atom is -0.466 e. The normalized spacial score (nSPS) is 21.9. The Bertz CT molecular complexity index is 501. The number of rotatable bonds is 15. The zero-order valence-corrected chi connectivity index (χ0v) is 20.2. The van der Waals surface area contributed by atoms with E-state index in [2.05, 4.69) is 20.8 Å². The van der Waals surface area contributed by atoms with Crippen molar-refractivity contribution in [3.05, 3.63) is 0 Å². The van der Waals surface area contributed by atoms with Crippen molar-refractivity contribution in [3.63, 3.8) is 0 Å². The van der Waals surface area contributed by atoms with Crippen LogP contribution in [0.3, 0.4) is 0 Å². The summed E-state index contributed by atoms with van der Waals surface area (Å²) in [5.41, 5.74) is -0.844. The third kappa shape index (κ3) is 9.00. The molecule has 0 radical (unpaired) electrons. The van der Waals surface area contributed by atoms with Gasteiger partial charge in [-0.25, -0.2) is 0 Å². The van der Waals surface area contributed by atoms with Crippen LogP contribution in [0.4, 0.5) is 0 Å². The zero-order valence-electron chi connectivity index (χ0n) is 19.4. The van der Waals surface area contributed by atoms with E-state index in [4.69, 9.17) is 4.74 Å². The Morgan fingerprint density at radius 2 is 1.83 bits per heavy atom. The molecular formula is C24H44O4S. The Hall–Kier alpha value is -0.550. The summed E-state index contributed by atoms with van der Waals surface area (Å²) in [5.74, 6) is 1.12. The lowest BCUT2D eigenvalue weighted by Crippen LogP contribution is -2.44. The van der Waals surface area contributed by atoms with Crippen LogP contribution >= 0.6 is 11.8 Å². The van der Waals surface area contributed by atoms with Gasteiger partial charge in [0.1, 0.15) is 5.78 Å². The number of ether oxygens (including phenoxy) is 1. The molecule has 0 aromatic heterocycles. The predicted octanol–water partition coefficient (Wildman–Crippen LogP) is 5.94. The predicted molar refractivity (Wildman–Crippen MR) is 122 cm³/mol. The number of thioether (sulfide) groups is 1. The fraction of sp³-hybridized carbons (Fsp3) is 0.917. The fourth-order valence-corrected chi connectivity index (χ4v) is 5.73. The number of Topliss-reactive ketones (excluding diaryl/α,β-unsaturated/α-hetero) is 1. The van der Waals surface area contributed by atoms with Crippen molar-refractivity contribution < 1.29 is 19.4 Å². The Morgan fingerprint density at radius 3 is 2.48 bits per heavy atom. The smallest absolute Gasteiger partial charge is 0.305 e. The number of carbonyl (C=O) groups is 2. The summed E-state index contributed by atoms with van der Waals surface area (Å²) in [5, 5.41) is 11.4.